The summed E-state index contributed by atoms with van der Waals surface area (Å²) in [5, 5.41) is 2.95. The first-order valence-corrected chi connectivity index (χ1v) is 8.67. The minimum Gasteiger partial charge on any atom is -0.496 e. The highest BCUT2D eigenvalue weighted by atomic mass is 16.6. The Kier molecular flexibility index (Phi) is 6.28. The molecule has 6 heteroatoms. The van der Waals surface area contributed by atoms with Crippen molar-refractivity contribution in [3.63, 3.8) is 0 Å². The molecule has 0 bridgehead atoms. The van der Waals surface area contributed by atoms with Gasteiger partial charge in [0.1, 0.15) is 11.4 Å². The lowest BCUT2D eigenvalue weighted by atomic mass is 9.97. The number of methoxy groups -OCH3 is 1. The first-order valence-electron chi connectivity index (χ1n) is 8.67. The number of carbonyl (C=O) groups excluding carboxylic acids is 2. The molecule has 1 fully saturated rings. The molecule has 1 N–H and O–H groups in total. The van der Waals surface area contributed by atoms with Crippen LogP contribution in [0.5, 0.6) is 5.75 Å². The molecule has 0 saturated carbocycles. The number of para-hydroxylation sites is 1. The van der Waals surface area contributed by atoms with E-state index >= 15 is 0 Å². The van der Waals surface area contributed by atoms with Gasteiger partial charge in [-0.2, -0.15) is 0 Å². The van der Waals surface area contributed by atoms with E-state index < -0.39 is 5.60 Å². The number of hydrogen-bond donors (Lipinski definition) is 1. The average molecular weight is 348 g/mol. The minimum atomic E-state index is -0.532. The zero-order valence-electron chi connectivity index (χ0n) is 15.5. The van der Waals surface area contributed by atoms with Crippen LogP contribution in [0.1, 0.15) is 39.2 Å². The van der Waals surface area contributed by atoms with Crippen LogP contribution in [0.25, 0.3) is 0 Å². The number of ether oxygens (including phenoxy) is 2. The Morgan fingerprint density at radius 1 is 1.28 bits per heavy atom. The highest BCUT2D eigenvalue weighted by Gasteiger charge is 2.30. The first kappa shape index (κ1) is 19.1. The Balaban J connectivity index is 1.90. The van der Waals surface area contributed by atoms with E-state index in [0.717, 1.165) is 24.2 Å². The lowest BCUT2D eigenvalue weighted by Crippen LogP contribution is -2.46. The van der Waals surface area contributed by atoms with Crippen LogP contribution in [0.4, 0.5) is 4.79 Å². The molecule has 0 aromatic heterocycles. The van der Waals surface area contributed by atoms with Gasteiger partial charge in [0.2, 0.25) is 5.91 Å². The van der Waals surface area contributed by atoms with Crippen LogP contribution in [-0.4, -0.2) is 42.7 Å². The lowest BCUT2D eigenvalue weighted by molar-refractivity contribution is -0.126. The number of carbonyl (C=O) groups is 2. The van der Waals surface area contributed by atoms with Crippen molar-refractivity contribution < 1.29 is 19.1 Å². The van der Waals surface area contributed by atoms with Crippen molar-refractivity contribution >= 4 is 12.0 Å². The third kappa shape index (κ3) is 5.66. The van der Waals surface area contributed by atoms with Crippen LogP contribution < -0.4 is 10.1 Å². The molecule has 0 radical (unpaired) electrons. The zero-order chi connectivity index (χ0) is 18.4. The Hall–Kier alpha value is -2.24. The Labute approximate surface area is 149 Å². The van der Waals surface area contributed by atoms with Crippen molar-refractivity contribution in [2.75, 3.05) is 20.2 Å². The molecule has 1 aromatic rings. The number of benzene rings is 1. The van der Waals surface area contributed by atoms with E-state index in [1.807, 2.05) is 45.0 Å². The number of amides is 2. The minimum absolute atomic E-state index is 0.0424. The molecular formula is C19H28N2O4. The fourth-order valence-corrected chi connectivity index (χ4v) is 2.86. The second kappa shape index (κ2) is 8.23. The number of piperidine rings is 1. The topological polar surface area (TPSA) is 67.9 Å². The van der Waals surface area contributed by atoms with Crippen molar-refractivity contribution in [2.45, 2.75) is 45.8 Å². The van der Waals surface area contributed by atoms with Crippen molar-refractivity contribution in [1.29, 1.82) is 0 Å². The molecule has 2 rings (SSSR count). The fourth-order valence-electron chi connectivity index (χ4n) is 2.86. The van der Waals surface area contributed by atoms with E-state index in [1.165, 1.54) is 0 Å². The van der Waals surface area contributed by atoms with E-state index in [1.54, 1.807) is 12.0 Å². The number of hydrogen-bond acceptors (Lipinski definition) is 4. The van der Waals surface area contributed by atoms with Crippen LogP contribution in [0, 0.1) is 5.92 Å². The van der Waals surface area contributed by atoms with Crippen LogP contribution in [0.2, 0.25) is 0 Å². The van der Waals surface area contributed by atoms with Crippen molar-refractivity contribution in [2.24, 2.45) is 5.92 Å². The maximum absolute atomic E-state index is 12.5. The summed E-state index contributed by atoms with van der Waals surface area (Å²) in [6, 6.07) is 7.60. The molecule has 0 unspecified atom stereocenters. The smallest absolute Gasteiger partial charge is 0.410 e. The molecule has 138 valence electrons. The second-order valence-corrected chi connectivity index (χ2v) is 7.30. The highest BCUT2D eigenvalue weighted by molar-refractivity contribution is 5.80. The number of likely N-dealkylation sites (tertiary alicyclic amines) is 1. The molecule has 1 aliphatic heterocycles. The molecule has 0 aliphatic carbocycles. The predicted octanol–water partition coefficient (Wildman–Crippen LogP) is 2.96. The average Bonchev–Trinajstić information content (AvgIpc) is 2.58. The fraction of sp³-hybridized carbons (Fsp3) is 0.579. The molecule has 2 amide bonds. The normalized spacial score (nSPS) is 17.8. The number of nitrogens with zero attached hydrogens (tertiary/aromatic N) is 1. The van der Waals surface area contributed by atoms with Crippen LogP contribution >= 0.6 is 0 Å². The molecule has 1 aliphatic rings. The molecule has 6 nitrogen and oxygen atoms in total. The van der Waals surface area contributed by atoms with Gasteiger partial charge in [0.25, 0.3) is 0 Å². The summed E-state index contributed by atoms with van der Waals surface area (Å²) < 4.78 is 10.7. The number of nitrogens with one attached hydrogen (secondary N) is 1. The summed E-state index contributed by atoms with van der Waals surface area (Å²) in [7, 11) is 1.61. The standard InChI is InChI=1S/C19H28N2O4/c1-19(2,3)25-18(23)21-11-7-9-15(13-21)17(22)20-12-14-8-5-6-10-16(14)24-4/h5-6,8,10,15H,7,9,11-13H2,1-4H3,(H,20,22)/t15-/m0/s1. The summed E-state index contributed by atoms with van der Waals surface area (Å²) in [5.41, 5.74) is 0.397. The van der Waals surface area contributed by atoms with Crippen molar-refractivity contribution in [3.8, 4) is 5.75 Å². The molecule has 0 spiro atoms. The van der Waals surface area contributed by atoms with Gasteiger partial charge in [0.15, 0.2) is 0 Å². The van der Waals surface area contributed by atoms with Gasteiger partial charge >= 0.3 is 6.09 Å². The van der Waals surface area contributed by atoms with Crippen LogP contribution in [-0.2, 0) is 16.1 Å². The van der Waals surface area contributed by atoms with Crippen LogP contribution in [0.15, 0.2) is 24.3 Å². The summed E-state index contributed by atoms with van der Waals surface area (Å²) in [4.78, 5) is 26.3. The Bertz CT molecular complexity index is 610. The van der Waals surface area contributed by atoms with E-state index in [9.17, 15) is 9.59 Å². The maximum atomic E-state index is 12.5. The molecule has 1 heterocycles. The molecule has 25 heavy (non-hydrogen) atoms. The summed E-state index contributed by atoms with van der Waals surface area (Å²) in [5.74, 6) is 0.497. The monoisotopic (exact) mass is 348 g/mol. The van der Waals surface area contributed by atoms with Crippen molar-refractivity contribution in [3.05, 3.63) is 29.8 Å². The largest absolute Gasteiger partial charge is 0.496 e. The van der Waals surface area contributed by atoms with Gasteiger partial charge in [-0.25, -0.2) is 4.79 Å². The molecule has 1 atom stereocenters. The van der Waals surface area contributed by atoms with E-state index in [2.05, 4.69) is 5.32 Å². The zero-order valence-corrected chi connectivity index (χ0v) is 15.5. The van der Waals surface area contributed by atoms with Gasteiger partial charge in [0, 0.05) is 25.2 Å². The Morgan fingerprint density at radius 2 is 2.00 bits per heavy atom. The van der Waals surface area contributed by atoms with Gasteiger partial charge in [-0.05, 0) is 39.7 Å². The Morgan fingerprint density at radius 3 is 2.68 bits per heavy atom. The summed E-state index contributed by atoms with van der Waals surface area (Å²) in [6.45, 7) is 6.95. The van der Waals surface area contributed by atoms with Gasteiger partial charge in [-0.1, -0.05) is 18.2 Å². The molecular weight excluding hydrogens is 320 g/mol. The quantitative estimate of drug-likeness (QED) is 0.908. The summed E-state index contributed by atoms with van der Waals surface area (Å²) in [6.07, 6.45) is 1.22. The van der Waals surface area contributed by atoms with Gasteiger partial charge in [0.05, 0.1) is 13.0 Å². The van der Waals surface area contributed by atoms with E-state index in [0.29, 0.717) is 19.6 Å². The maximum Gasteiger partial charge on any atom is 0.410 e. The van der Waals surface area contributed by atoms with E-state index in [-0.39, 0.29) is 17.9 Å². The second-order valence-electron chi connectivity index (χ2n) is 7.30. The SMILES string of the molecule is COc1ccccc1CNC(=O)[C@H]1CCCN(C(=O)OC(C)(C)C)C1. The third-order valence-corrected chi connectivity index (χ3v) is 4.09. The first-order chi connectivity index (χ1) is 11.8. The van der Waals surface area contributed by atoms with E-state index in [4.69, 9.17) is 9.47 Å². The molecule has 1 aromatic carbocycles. The molecule has 1 saturated heterocycles. The number of rotatable bonds is 4. The third-order valence-electron chi connectivity index (χ3n) is 4.09. The predicted molar refractivity (Wildman–Crippen MR) is 95.4 cm³/mol. The highest BCUT2D eigenvalue weighted by Crippen LogP contribution is 2.21. The van der Waals surface area contributed by atoms with Gasteiger partial charge < -0.3 is 19.7 Å². The van der Waals surface area contributed by atoms with Crippen LogP contribution in [0.3, 0.4) is 0 Å². The lowest BCUT2D eigenvalue weighted by Gasteiger charge is -2.33. The summed E-state index contributed by atoms with van der Waals surface area (Å²) >= 11 is 0. The van der Waals surface area contributed by atoms with Gasteiger partial charge in [-0.15, -0.1) is 0 Å². The van der Waals surface area contributed by atoms with Gasteiger partial charge in [-0.3, -0.25) is 4.79 Å². The van der Waals surface area contributed by atoms with Crippen molar-refractivity contribution in [1.82, 2.24) is 10.2 Å².